The van der Waals surface area contributed by atoms with Crippen molar-refractivity contribution in [1.29, 1.82) is 0 Å². The average Bonchev–Trinajstić information content (AvgIpc) is 2.66. The second-order valence-electron chi connectivity index (χ2n) is 8.32. The van der Waals surface area contributed by atoms with Crippen molar-refractivity contribution in [3.05, 3.63) is 82.0 Å². The van der Waals surface area contributed by atoms with Crippen LogP contribution in [0.2, 0.25) is 18.1 Å². The molecular weight excluding hydrogens is 428 g/mol. The molecule has 0 atom stereocenters. The van der Waals surface area contributed by atoms with Crippen molar-refractivity contribution in [2.75, 3.05) is 6.61 Å². The largest absolute Gasteiger partial charge is 0.416 e. The molecule has 0 aliphatic rings. The number of hydrogen-bond acceptors (Lipinski definition) is 2. The van der Waals surface area contributed by atoms with Gasteiger partial charge < -0.3 is 4.43 Å². The lowest BCUT2D eigenvalue weighted by Gasteiger charge is -2.36. The Morgan fingerprint density at radius 2 is 1.46 bits per heavy atom. The Labute approximate surface area is 178 Å². The predicted octanol–water partition coefficient (Wildman–Crippen LogP) is 7.24. The highest BCUT2D eigenvalue weighted by atomic mass is 79.9. The fourth-order valence-corrected chi connectivity index (χ4v) is 3.81. The van der Waals surface area contributed by atoms with Crippen LogP contribution >= 0.6 is 15.9 Å². The number of benzene rings is 2. The van der Waals surface area contributed by atoms with E-state index in [1.165, 1.54) is 0 Å². The molecule has 0 spiro atoms. The quantitative estimate of drug-likeness (QED) is 0.190. The minimum absolute atomic E-state index is 0.0333. The van der Waals surface area contributed by atoms with Crippen molar-refractivity contribution in [1.82, 2.24) is 0 Å². The Balaban J connectivity index is 2.29. The van der Waals surface area contributed by atoms with Gasteiger partial charge in [-0.3, -0.25) is 4.79 Å². The molecule has 0 heterocycles. The first kappa shape index (κ1) is 22.6. The molecule has 0 unspecified atom stereocenters. The molecule has 0 aliphatic carbocycles. The van der Waals surface area contributed by atoms with Crippen LogP contribution in [-0.4, -0.2) is 20.7 Å². The zero-order chi connectivity index (χ0) is 20.8. The van der Waals surface area contributed by atoms with E-state index in [0.29, 0.717) is 24.2 Å². The minimum atomic E-state index is -1.79. The molecule has 148 valence electrons. The molecule has 0 N–H and O–H groups in total. The van der Waals surface area contributed by atoms with Gasteiger partial charge in [0, 0.05) is 23.1 Å². The van der Waals surface area contributed by atoms with Crippen molar-refractivity contribution in [3.63, 3.8) is 0 Å². The van der Waals surface area contributed by atoms with Crippen LogP contribution in [0, 0.1) is 0 Å². The molecule has 0 saturated heterocycles. The van der Waals surface area contributed by atoms with Gasteiger partial charge in [-0.25, -0.2) is 0 Å². The van der Waals surface area contributed by atoms with Crippen LogP contribution in [0.4, 0.5) is 0 Å². The summed E-state index contributed by atoms with van der Waals surface area (Å²) in [5.74, 6) is -0.0333. The molecule has 2 aromatic rings. The van der Waals surface area contributed by atoms with Crippen LogP contribution in [0.5, 0.6) is 0 Å². The smallest absolute Gasteiger partial charge is 0.201 e. The van der Waals surface area contributed by atoms with Gasteiger partial charge in [-0.2, -0.15) is 0 Å². The van der Waals surface area contributed by atoms with Gasteiger partial charge in [0.25, 0.3) is 0 Å². The lowest BCUT2D eigenvalue weighted by molar-refractivity contribution is 0.105. The Hall–Kier alpha value is -1.71. The number of rotatable bonds is 7. The molecule has 0 saturated carbocycles. The summed E-state index contributed by atoms with van der Waals surface area (Å²) in [6.45, 7) is 11.8. The normalized spacial score (nSPS) is 11.6. The van der Waals surface area contributed by atoms with Crippen LogP contribution < -0.4 is 0 Å². The van der Waals surface area contributed by atoms with Crippen molar-refractivity contribution >= 4 is 35.6 Å². The highest BCUT2D eigenvalue weighted by Gasteiger charge is 2.36. The molecule has 0 aliphatic heterocycles. The number of carbonyl (C=O) groups is 1. The molecule has 0 amide bonds. The molecular formula is C24H29BrO2Si. The van der Waals surface area contributed by atoms with Crippen molar-refractivity contribution < 1.29 is 9.22 Å². The highest BCUT2D eigenvalue weighted by Crippen LogP contribution is 2.36. The van der Waals surface area contributed by atoms with E-state index in [2.05, 4.69) is 55.5 Å². The van der Waals surface area contributed by atoms with Crippen LogP contribution in [-0.2, 0) is 4.43 Å². The second-order valence-corrected chi connectivity index (χ2v) is 14.1. The predicted molar refractivity (Wildman–Crippen MR) is 124 cm³/mol. The Kier molecular flexibility index (Phi) is 7.79. The summed E-state index contributed by atoms with van der Waals surface area (Å²) in [5, 5.41) is 0.178. The summed E-state index contributed by atoms with van der Waals surface area (Å²) in [4.78, 5) is 13.1. The van der Waals surface area contributed by atoms with E-state index in [9.17, 15) is 4.79 Å². The maximum atomic E-state index is 13.1. The lowest BCUT2D eigenvalue weighted by Crippen LogP contribution is -2.40. The van der Waals surface area contributed by atoms with Crippen molar-refractivity contribution in [2.24, 2.45) is 0 Å². The topological polar surface area (TPSA) is 26.3 Å². The van der Waals surface area contributed by atoms with Crippen LogP contribution in [0.1, 0.15) is 43.1 Å². The maximum absolute atomic E-state index is 13.1. The number of hydrogen-bond donors (Lipinski definition) is 0. The first-order chi connectivity index (χ1) is 13.1. The molecule has 2 nitrogen and oxygen atoms in total. The fraction of sp³-hybridized carbons (Fsp3) is 0.333. The number of carbonyl (C=O) groups excluding carboxylic acids is 1. The second kappa shape index (κ2) is 9.66. The van der Waals surface area contributed by atoms with E-state index in [-0.39, 0.29) is 10.8 Å². The average molecular weight is 457 g/mol. The molecule has 0 aromatic heterocycles. The fourth-order valence-electron chi connectivity index (χ4n) is 2.41. The number of Topliss-reactive ketones (excluding diaryl/α,β-unsaturated/α-hetero) is 1. The minimum Gasteiger partial charge on any atom is -0.416 e. The van der Waals surface area contributed by atoms with Crippen LogP contribution in [0.15, 0.2) is 70.9 Å². The Morgan fingerprint density at radius 1 is 0.964 bits per heavy atom. The SMILES string of the molecule is CC(C)(C)[Si](C)(C)OCCC(Br)=C=C(C(=O)c1ccccc1)c1ccccc1. The summed E-state index contributed by atoms with van der Waals surface area (Å²) in [6.07, 6.45) is 0.685. The van der Waals surface area contributed by atoms with E-state index in [0.717, 1.165) is 10.0 Å². The van der Waals surface area contributed by atoms with E-state index >= 15 is 0 Å². The van der Waals surface area contributed by atoms with Crippen molar-refractivity contribution in [2.45, 2.75) is 45.3 Å². The molecule has 28 heavy (non-hydrogen) atoms. The number of halogens is 1. The van der Waals surface area contributed by atoms with Gasteiger partial charge in [-0.1, -0.05) is 87.2 Å². The van der Waals surface area contributed by atoms with Crippen LogP contribution in [0.3, 0.4) is 0 Å². The lowest BCUT2D eigenvalue weighted by atomic mass is 9.97. The summed E-state index contributed by atoms with van der Waals surface area (Å²) >= 11 is 3.60. The van der Waals surface area contributed by atoms with Gasteiger partial charge in [-0.15, -0.1) is 0 Å². The van der Waals surface area contributed by atoms with Gasteiger partial charge in [0.2, 0.25) is 5.78 Å². The molecule has 2 rings (SSSR count). The van der Waals surface area contributed by atoms with Crippen LogP contribution in [0.25, 0.3) is 5.57 Å². The molecule has 0 fully saturated rings. The Bertz CT molecular complexity index is 858. The van der Waals surface area contributed by atoms with Gasteiger partial charge in [0.1, 0.15) is 0 Å². The van der Waals surface area contributed by atoms with E-state index in [4.69, 9.17) is 4.43 Å². The third kappa shape index (κ3) is 6.15. The first-order valence-electron chi connectivity index (χ1n) is 9.56. The zero-order valence-electron chi connectivity index (χ0n) is 17.4. The summed E-state index contributed by atoms with van der Waals surface area (Å²) in [5.41, 5.74) is 5.37. The molecule has 2 aromatic carbocycles. The molecule has 4 heteroatoms. The zero-order valence-corrected chi connectivity index (χ0v) is 20.0. The van der Waals surface area contributed by atoms with E-state index < -0.39 is 8.32 Å². The van der Waals surface area contributed by atoms with E-state index in [1.807, 2.05) is 60.7 Å². The highest BCUT2D eigenvalue weighted by molar-refractivity contribution is 9.11. The molecule has 0 bridgehead atoms. The monoisotopic (exact) mass is 456 g/mol. The summed E-state index contributed by atoms with van der Waals surface area (Å²) in [7, 11) is -1.79. The van der Waals surface area contributed by atoms with Gasteiger partial charge in [-0.05, 0) is 39.6 Å². The van der Waals surface area contributed by atoms with Gasteiger partial charge in [0.05, 0.1) is 5.57 Å². The summed E-state index contributed by atoms with van der Waals surface area (Å²) in [6, 6.07) is 19.0. The van der Waals surface area contributed by atoms with Gasteiger partial charge in [0.15, 0.2) is 8.32 Å². The van der Waals surface area contributed by atoms with Gasteiger partial charge >= 0.3 is 0 Å². The third-order valence-corrected chi connectivity index (χ3v) is 10.3. The first-order valence-corrected chi connectivity index (χ1v) is 13.3. The standard InChI is InChI=1S/C24H29BrO2Si/c1-24(2,3)28(4,5)27-17-16-21(25)18-22(19-12-8-6-9-13-19)23(26)20-14-10-7-11-15-20/h6-15H,16-17H2,1-5H3. The van der Waals surface area contributed by atoms with Crippen molar-refractivity contribution in [3.8, 4) is 0 Å². The van der Waals surface area contributed by atoms with E-state index in [1.54, 1.807) is 0 Å². The Morgan fingerprint density at radius 3 is 1.96 bits per heavy atom. The maximum Gasteiger partial charge on any atom is 0.201 e. The number of ketones is 1. The summed E-state index contributed by atoms with van der Waals surface area (Å²) < 4.78 is 7.09. The molecule has 0 radical (unpaired) electrons. The third-order valence-electron chi connectivity index (χ3n) is 5.18.